The number of hydrogen-bond donors (Lipinski definition) is 1. The van der Waals surface area contributed by atoms with Gasteiger partial charge in [-0.3, -0.25) is 0 Å². The molecule has 3 rings (SSSR count). The van der Waals surface area contributed by atoms with Crippen LogP contribution in [-0.4, -0.2) is 29.0 Å². The van der Waals surface area contributed by atoms with Crippen LogP contribution in [0.4, 0.5) is 4.39 Å². The number of allylic oxidation sites excluding steroid dienone is 3. The van der Waals surface area contributed by atoms with Crippen LogP contribution in [0.5, 0.6) is 0 Å². The monoisotopic (exact) mass is 270 g/mol. The number of hydrogen-bond acceptors (Lipinski definition) is 3. The van der Waals surface area contributed by atoms with Crippen LogP contribution in [0.25, 0.3) is 5.57 Å². The standard InChI is InChI=1S/C16H15FN2O/c1-11-4-2-7-16-18-15(10-20)14(9-19(11)16)12-5-3-6-13(17)8-12/h2-8,20H,9-10H2,1H3. The van der Waals surface area contributed by atoms with Crippen molar-refractivity contribution in [2.75, 3.05) is 13.2 Å². The van der Waals surface area contributed by atoms with Gasteiger partial charge < -0.3 is 10.0 Å². The zero-order valence-corrected chi connectivity index (χ0v) is 11.2. The molecule has 1 aromatic rings. The van der Waals surface area contributed by atoms with Gasteiger partial charge in [0.05, 0.1) is 18.8 Å². The summed E-state index contributed by atoms with van der Waals surface area (Å²) in [5.74, 6) is 0.530. The Kier molecular flexibility index (Phi) is 3.24. The summed E-state index contributed by atoms with van der Waals surface area (Å²) in [7, 11) is 0. The maximum Gasteiger partial charge on any atom is 0.133 e. The van der Waals surface area contributed by atoms with Crippen molar-refractivity contribution in [2.24, 2.45) is 4.99 Å². The van der Waals surface area contributed by atoms with Crippen LogP contribution in [0, 0.1) is 5.82 Å². The molecule has 2 aliphatic heterocycles. The molecule has 0 atom stereocenters. The molecule has 2 heterocycles. The smallest absolute Gasteiger partial charge is 0.133 e. The average Bonchev–Trinajstić information content (AvgIpc) is 2.46. The van der Waals surface area contributed by atoms with Crippen LogP contribution in [-0.2, 0) is 0 Å². The van der Waals surface area contributed by atoms with Crippen molar-refractivity contribution < 1.29 is 9.50 Å². The number of nitrogens with zero attached hydrogens (tertiary/aromatic N) is 2. The molecule has 1 N–H and O–H groups in total. The molecule has 2 aliphatic rings. The zero-order chi connectivity index (χ0) is 14.1. The van der Waals surface area contributed by atoms with Crippen molar-refractivity contribution >= 4 is 11.4 Å². The fourth-order valence-corrected chi connectivity index (χ4v) is 2.46. The Hall–Kier alpha value is -2.20. The second kappa shape index (κ2) is 5.06. The van der Waals surface area contributed by atoms with Crippen molar-refractivity contribution in [1.29, 1.82) is 0 Å². The first-order valence-electron chi connectivity index (χ1n) is 6.49. The summed E-state index contributed by atoms with van der Waals surface area (Å²) in [6, 6.07) is 6.40. The highest BCUT2D eigenvalue weighted by Gasteiger charge is 2.23. The maximum atomic E-state index is 13.4. The third-order valence-corrected chi connectivity index (χ3v) is 3.52. The van der Waals surface area contributed by atoms with Crippen molar-refractivity contribution in [2.45, 2.75) is 6.92 Å². The first-order valence-corrected chi connectivity index (χ1v) is 6.49. The molecule has 0 bridgehead atoms. The number of fused-ring (bicyclic) bond motifs is 1. The molecule has 3 nitrogen and oxygen atoms in total. The topological polar surface area (TPSA) is 35.8 Å². The van der Waals surface area contributed by atoms with E-state index in [1.54, 1.807) is 6.07 Å². The van der Waals surface area contributed by atoms with Gasteiger partial charge in [0.2, 0.25) is 0 Å². The Morgan fingerprint density at radius 3 is 3.00 bits per heavy atom. The molecule has 0 fully saturated rings. The first-order chi connectivity index (χ1) is 9.69. The normalized spacial score (nSPS) is 17.9. The molecule has 102 valence electrons. The predicted molar refractivity (Wildman–Crippen MR) is 77.4 cm³/mol. The van der Waals surface area contributed by atoms with E-state index >= 15 is 0 Å². The van der Waals surface area contributed by atoms with E-state index in [4.69, 9.17) is 0 Å². The fourth-order valence-electron chi connectivity index (χ4n) is 2.46. The van der Waals surface area contributed by atoms with Crippen LogP contribution in [0.1, 0.15) is 12.5 Å². The molecule has 0 aliphatic carbocycles. The quantitative estimate of drug-likeness (QED) is 0.897. The fraction of sp³-hybridized carbons (Fsp3) is 0.188. The molecule has 4 heteroatoms. The third kappa shape index (κ3) is 2.18. The molecule has 0 aromatic heterocycles. The molecule has 0 saturated carbocycles. The van der Waals surface area contributed by atoms with Gasteiger partial charge in [0, 0.05) is 11.3 Å². The van der Waals surface area contributed by atoms with E-state index in [9.17, 15) is 9.50 Å². The van der Waals surface area contributed by atoms with Gasteiger partial charge >= 0.3 is 0 Å². The van der Waals surface area contributed by atoms with Gasteiger partial charge in [-0.1, -0.05) is 18.2 Å². The lowest BCUT2D eigenvalue weighted by Gasteiger charge is -2.32. The largest absolute Gasteiger partial charge is 0.390 e. The van der Waals surface area contributed by atoms with Gasteiger partial charge in [0.1, 0.15) is 11.7 Å². The Balaban J connectivity index is 2.08. The third-order valence-electron chi connectivity index (χ3n) is 3.52. The lowest BCUT2D eigenvalue weighted by Crippen LogP contribution is -2.34. The molecule has 0 unspecified atom stereocenters. The van der Waals surface area contributed by atoms with Gasteiger partial charge in [-0.15, -0.1) is 0 Å². The lowest BCUT2D eigenvalue weighted by atomic mass is 10.0. The Morgan fingerprint density at radius 2 is 2.25 bits per heavy atom. The minimum atomic E-state index is -0.284. The van der Waals surface area contributed by atoms with E-state index in [0.29, 0.717) is 12.2 Å². The van der Waals surface area contributed by atoms with Gasteiger partial charge in [-0.05, 0) is 36.8 Å². The summed E-state index contributed by atoms with van der Waals surface area (Å²) < 4.78 is 13.4. The molecule has 1 aromatic carbocycles. The molecule has 20 heavy (non-hydrogen) atoms. The van der Waals surface area contributed by atoms with E-state index in [-0.39, 0.29) is 12.4 Å². The number of halogens is 1. The summed E-state index contributed by atoms with van der Waals surface area (Å²) in [6.07, 6.45) is 5.85. The number of rotatable bonds is 2. The van der Waals surface area contributed by atoms with E-state index in [1.165, 1.54) is 12.1 Å². The number of amidine groups is 1. The Bertz CT molecular complexity index is 671. The van der Waals surface area contributed by atoms with Crippen LogP contribution in [0.15, 0.2) is 58.9 Å². The number of benzene rings is 1. The summed E-state index contributed by atoms with van der Waals surface area (Å²) in [5.41, 5.74) is 3.30. The van der Waals surface area contributed by atoms with Gasteiger partial charge in [0.15, 0.2) is 0 Å². The second-order valence-electron chi connectivity index (χ2n) is 4.82. The second-order valence-corrected chi connectivity index (χ2v) is 4.82. The Morgan fingerprint density at radius 1 is 1.40 bits per heavy atom. The van der Waals surface area contributed by atoms with Crippen molar-refractivity contribution in [3.63, 3.8) is 0 Å². The number of aliphatic hydroxyl groups is 1. The lowest BCUT2D eigenvalue weighted by molar-refractivity contribution is 0.328. The van der Waals surface area contributed by atoms with Gasteiger partial charge in [0.25, 0.3) is 0 Å². The highest BCUT2D eigenvalue weighted by Crippen LogP contribution is 2.29. The van der Waals surface area contributed by atoms with Crippen LogP contribution in [0.3, 0.4) is 0 Å². The van der Waals surface area contributed by atoms with Crippen molar-refractivity contribution in [3.05, 3.63) is 65.3 Å². The van der Waals surface area contributed by atoms with Crippen LogP contribution >= 0.6 is 0 Å². The summed E-state index contributed by atoms with van der Waals surface area (Å²) in [5, 5.41) is 9.53. The highest BCUT2D eigenvalue weighted by molar-refractivity contribution is 5.99. The zero-order valence-electron chi connectivity index (χ0n) is 11.2. The minimum Gasteiger partial charge on any atom is -0.390 e. The molecular formula is C16H15FN2O. The average molecular weight is 270 g/mol. The molecular weight excluding hydrogens is 255 g/mol. The molecule has 0 amide bonds. The minimum absolute atomic E-state index is 0.153. The van der Waals surface area contributed by atoms with E-state index in [1.807, 2.05) is 31.2 Å². The number of aliphatic hydroxyl groups excluding tert-OH is 1. The molecule has 0 spiro atoms. The summed E-state index contributed by atoms with van der Waals surface area (Å²) >= 11 is 0. The highest BCUT2D eigenvalue weighted by atomic mass is 19.1. The SMILES string of the molecule is CC1=CC=CC2=NC(CO)=C(c3cccc(F)c3)CN12. The predicted octanol–water partition coefficient (Wildman–Crippen LogP) is 2.72. The summed E-state index contributed by atoms with van der Waals surface area (Å²) in [6.45, 7) is 2.44. The van der Waals surface area contributed by atoms with Crippen LogP contribution < -0.4 is 0 Å². The maximum absolute atomic E-state index is 13.4. The first kappa shape index (κ1) is 12.8. The summed E-state index contributed by atoms with van der Waals surface area (Å²) in [4.78, 5) is 6.54. The van der Waals surface area contributed by atoms with E-state index in [2.05, 4.69) is 9.89 Å². The number of aliphatic imine (C=N–C) groups is 1. The van der Waals surface area contributed by atoms with Crippen molar-refractivity contribution in [3.8, 4) is 0 Å². The Labute approximate surface area is 117 Å². The van der Waals surface area contributed by atoms with E-state index in [0.717, 1.165) is 22.7 Å². The van der Waals surface area contributed by atoms with Gasteiger partial charge in [-0.2, -0.15) is 0 Å². The van der Waals surface area contributed by atoms with Crippen molar-refractivity contribution in [1.82, 2.24) is 4.90 Å². The molecule has 0 saturated heterocycles. The van der Waals surface area contributed by atoms with Gasteiger partial charge in [-0.25, -0.2) is 9.38 Å². The van der Waals surface area contributed by atoms with Crippen LogP contribution in [0.2, 0.25) is 0 Å². The van der Waals surface area contributed by atoms with E-state index < -0.39 is 0 Å². The molecule has 0 radical (unpaired) electrons.